The van der Waals surface area contributed by atoms with E-state index in [0.29, 0.717) is 0 Å². The second-order valence-electron chi connectivity index (χ2n) is 5.58. The van der Waals surface area contributed by atoms with Gasteiger partial charge in [0.25, 0.3) is 5.91 Å². The molecular formula is C13H17NO4. The van der Waals surface area contributed by atoms with Gasteiger partial charge in [-0.1, -0.05) is 13.8 Å². The summed E-state index contributed by atoms with van der Waals surface area (Å²) in [6, 6.07) is 1.39. The Balaban J connectivity index is 1.97. The fourth-order valence-corrected chi connectivity index (χ4v) is 2.38. The zero-order valence-electron chi connectivity index (χ0n) is 10.5. The molecule has 1 aliphatic rings. The highest BCUT2D eigenvalue weighted by Gasteiger charge is 2.32. The lowest BCUT2D eigenvalue weighted by Crippen LogP contribution is -2.33. The number of furan rings is 1. The number of carboxylic acid groups (broad SMARTS) is 1. The summed E-state index contributed by atoms with van der Waals surface area (Å²) in [6.45, 7) is 4.35. The van der Waals surface area contributed by atoms with Gasteiger partial charge < -0.3 is 14.8 Å². The lowest BCUT2D eigenvalue weighted by atomic mass is 9.92. The van der Waals surface area contributed by atoms with Crippen LogP contribution in [-0.4, -0.2) is 23.0 Å². The Morgan fingerprint density at radius 3 is 2.72 bits per heavy atom. The van der Waals surface area contributed by atoms with Crippen LogP contribution in [0.3, 0.4) is 0 Å². The van der Waals surface area contributed by atoms with Gasteiger partial charge in [0, 0.05) is 12.1 Å². The van der Waals surface area contributed by atoms with E-state index in [4.69, 9.17) is 9.52 Å². The molecule has 1 unspecified atom stereocenters. The molecule has 0 spiro atoms. The Morgan fingerprint density at radius 2 is 2.22 bits per heavy atom. The minimum absolute atomic E-state index is 0.00750. The van der Waals surface area contributed by atoms with Crippen LogP contribution in [0.25, 0.3) is 0 Å². The van der Waals surface area contributed by atoms with Crippen LogP contribution >= 0.6 is 0 Å². The van der Waals surface area contributed by atoms with E-state index in [1.807, 2.05) is 0 Å². The summed E-state index contributed by atoms with van der Waals surface area (Å²) in [6.07, 6.45) is 4.04. The van der Waals surface area contributed by atoms with Crippen LogP contribution in [-0.2, 0) is 0 Å². The van der Waals surface area contributed by atoms with Gasteiger partial charge in [0.05, 0.1) is 5.56 Å². The summed E-state index contributed by atoms with van der Waals surface area (Å²) in [5, 5.41) is 11.6. The minimum Gasteiger partial charge on any atom is -0.478 e. The van der Waals surface area contributed by atoms with Crippen molar-refractivity contribution in [3.05, 3.63) is 23.7 Å². The molecule has 1 amide bonds. The Morgan fingerprint density at radius 1 is 1.50 bits per heavy atom. The molecule has 1 fully saturated rings. The number of hydrogen-bond acceptors (Lipinski definition) is 3. The second-order valence-corrected chi connectivity index (χ2v) is 5.58. The predicted molar refractivity (Wildman–Crippen MR) is 64.6 cm³/mol. The first kappa shape index (κ1) is 12.7. The van der Waals surface area contributed by atoms with Crippen molar-refractivity contribution in [2.75, 3.05) is 0 Å². The highest BCUT2D eigenvalue weighted by atomic mass is 16.4. The van der Waals surface area contributed by atoms with Gasteiger partial charge in [0.1, 0.15) is 6.26 Å². The van der Waals surface area contributed by atoms with Crippen molar-refractivity contribution in [3.63, 3.8) is 0 Å². The van der Waals surface area contributed by atoms with Crippen molar-refractivity contribution in [1.82, 2.24) is 5.32 Å². The van der Waals surface area contributed by atoms with E-state index in [-0.39, 0.29) is 28.7 Å². The van der Waals surface area contributed by atoms with Gasteiger partial charge in [0.2, 0.25) is 0 Å². The van der Waals surface area contributed by atoms with E-state index in [2.05, 4.69) is 19.2 Å². The summed E-state index contributed by atoms with van der Waals surface area (Å²) in [5.74, 6) is -1.39. The highest BCUT2D eigenvalue weighted by molar-refractivity contribution is 5.95. The van der Waals surface area contributed by atoms with Gasteiger partial charge in [-0.05, 0) is 24.7 Å². The normalized spacial score (nSPS) is 21.8. The summed E-state index contributed by atoms with van der Waals surface area (Å²) in [7, 11) is 0. The largest absolute Gasteiger partial charge is 0.478 e. The summed E-state index contributed by atoms with van der Waals surface area (Å²) >= 11 is 0. The Hall–Kier alpha value is -1.78. The maximum absolute atomic E-state index is 11.8. The van der Waals surface area contributed by atoms with E-state index in [1.165, 1.54) is 6.07 Å². The first-order chi connectivity index (χ1) is 8.37. The van der Waals surface area contributed by atoms with Gasteiger partial charge in [-0.3, -0.25) is 4.79 Å². The van der Waals surface area contributed by atoms with Crippen LogP contribution in [0.2, 0.25) is 0 Å². The summed E-state index contributed by atoms with van der Waals surface area (Å²) < 4.78 is 4.96. The number of carbonyl (C=O) groups is 2. The van der Waals surface area contributed by atoms with Gasteiger partial charge in [0.15, 0.2) is 5.76 Å². The van der Waals surface area contributed by atoms with E-state index >= 15 is 0 Å². The van der Waals surface area contributed by atoms with Crippen molar-refractivity contribution < 1.29 is 19.1 Å². The monoisotopic (exact) mass is 251 g/mol. The summed E-state index contributed by atoms with van der Waals surface area (Å²) in [5.41, 5.74) is 0.250. The molecule has 0 radical (unpaired) electrons. The number of carboxylic acids is 1. The molecular weight excluding hydrogens is 234 g/mol. The lowest BCUT2D eigenvalue weighted by Gasteiger charge is -2.17. The quantitative estimate of drug-likeness (QED) is 0.863. The molecule has 0 aromatic carbocycles. The molecule has 18 heavy (non-hydrogen) atoms. The Bertz CT molecular complexity index is 475. The Kier molecular flexibility index (Phi) is 3.15. The first-order valence-electron chi connectivity index (χ1n) is 6.00. The third-order valence-electron chi connectivity index (χ3n) is 3.37. The van der Waals surface area contributed by atoms with E-state index in [0.717, 1.165) is 25.5 Å². The van der Waals surface area contributed by atoms with Crippen molar-refractivity contribution in [1.29, 1.82) is 0 Å². The number of rotatable bonds is 3. The average molecular weight is 251 g/mol. The van der Waals surface area contributed by atoms with Crippen molar-refractivity contribution in [2.45, 2.75) is 39.2 Å². The van der Waals surface area contributed by atoms with E-state index in [9.17, 15) is 9.59 Å². The zero-order chi connectivity index (χ0) is 13.3. The smallest absolute Gasteiger partial charge is 0.338 e. The van der Waals surface area contributed by atoms with Gasteiger partial charge in [-0.25, -0.2) is 4.79 Å². The fourth-order valence-electron chi connectivity index (χ4n) is 2.38. The molecule has 1 saturated carbocycles. The number of aromatic carboxylic acids is 1. The van der Waals surface area contributed by atoms with Crippen LogP contribution < -0.4 is 5.32 Å². The van der Waals surface area contributed by atoms with Crippen molar-refractivity contribution in [2.24, 2.45) is 5.41 Å². The number of amides is 1. The Labute approximate surface area is 105 Å². The molecule has 0 aliphatic heterocycles. The first-order valence-corrected chi connectivity index (χ1v) is 6.00. The molecule has 1 aliphatic carbocycles. The van der Waals surface area contributed by atoms with Gasteiger partial charge in [-0.15, -0.1) is 0 Å². The van der Waals surface area contributed by atoms with Crippen LogP contribution in [0.4, 0.5) is 0 Å². The van der Waals surface area contributed by atoms with Gasteiger partial charge >= 0.3 is 5.97 Å². The third-order valence-corrected chi connectivity index (χ3v) is 3.37. The minimum atomic E-state index is -1.10. The topological polar surface area (TPSA) is 79.5 Å². The molecule has 1 aromatic heterocycles. The molecule has 1 heterocycles. The van der Waals surface area contributed by atoms with E-state index in [1.54, 1.807) is 0 Å². The predicted octanol–water partition coefficient (Wildman–Crippen LogP) is 2.29. The maximum Gasteiger partial charge on any atom is 0.338 e. The van der Waals surface area contributed by atoms with E-state index < -0.39 is 5.97 Å². The van der Waals surface area contributed by atoms with Crippen LogP contribution in [0.1, 0.15) is 54.0 Å². The zero-order valence-corrected chi connectivity index (χ0v) is 10.5. The molecule has 2 N–H and O–H groups in total. The molecule has 5 nitrogen and oxygen atoms in total. The molecule has 2 rings (SSSR count). The lowest BCUT2D eigenvalue weighted by molar-refractivity contribution is 0.0695. The van der Waals surface area contributed by atoms with Crippen molar-refractivity contribution >= 4 is 11.9 Å². The molecule has 0 bridgehead atoms. The average Bonchev–Trinajstić information content (AvgIpc) is 2.85. The second kappa shape index (κ2) is 4.48. The molecule has 5 heteroatoms. The molecule has 0 saturated heterocycles. The maximum atomic E-state index is 11.8. The molecule has 98 valence electrons. The van der Waals surface area contributed by atoms with Crippen LogP contribution in [0.15, 0.2) is 16.7 Å². The fraction of sp³-hybridized carbons (Fsp3) is 0.538. The van der Waals surface area contributed by atoms with Crippen LogP contribution in [0.5, 0.6) is 0 Å². The highest BCUT2D eigenvalue weighted by Crippen LogP contribution is 2.36. The van der Waals surface area contributed by atoms with Crippen molar-refractivity contribution in [3.8, 4) is 0 Å². The standard InChI is InChI=1S/C13H17NO4/c1-13(2)4-3-9(6-13)14-11(15)10-5-8(7-18-10)12(16)17/h5,7,9H,3-4,6H2,1-2H3,(H,14,15)(H,16,17). The number of nitrogens with one attached hydrogen (secondary N) is 1. The number of carbonyl (C=O) groups excluding carboxylic acids is 1. The SMILES string of the molecule is CC1(C)CCC(NC(=O)c2cc(C(=O)O)co2)C1. The number of hydrogen-bond donors (Lipinski definition) is 2. The molecule has 1 atom stereocenters. The summed E-state index contributed by atoms with van der Waals surface area (Å²) in [4.78, 5) is 22.5. The van der Waals surface area contributed by atoms with Gasteiger partial charge in [-0.2, -0.15) is 0 Å². The van der Waals surface area contributed by atoms with Crippen LogP contribution in [0, 0.1) is 5.41 Å². The molecule has 1 aromatic rings. The third kappa shape index (κ3) is 2.72.